The van der Waals surface area contributed by atoms with Crippen LogP contribution >= 0.6 is 15.9 Å². The second kappa shape index (κ2) is 6.73. The Morgan fingerprint density at radius 1 is 1.37 bits per heavy atom. The fraction of sp³-hybridized carbons (Fsp3) is 0.286. The van der Waals surface area contributed by atoms with Crippen LogP contribution in [0.4, 0.5) is 4.39 Å². The van der Waals surface area contributed by atoms with Crippen LogP contribution in [0.2, 0.25) is 0 Å². The summed E-state index contributed by atoms with van der Waals surface area (Å²) in [7, 11) is 0. The normalized spacial score (nSPS) is 10.7. The van der Waals surface area contributed by atoms with Gasteiger partial charge in [0.1, 0.15) is 23.9 Å². The number of furan rings is 1. The number of hydrogen-bond donors (Lipinski definition) is 1. The van der Waals surface area contributed by atoms with E-state index < -0.39 is 0 Å². The molecular weight excluding hydrogens is 313 g/mol. The molecule has 0 saturated heterocycles. The minimum atomic E-state index is -0.336. The van der Waals surface area contributed by atoms with Crippen molar-refractivity contribution in [3.63, 3.8) is 0 Å². The Kier molecular flexibility index (Phi) is 4.99. The molecule has 0 spiro atoms. The van der Waals surface area contributed by atoms with Gasteiger partial charge in [-0.3, -0.25) is 0 Å². The lowest BCUT2D eigenvalue weighted by atomic mass is 10.2. The van der Waals surface area contributed by atoms with E-state index in [2.05, 4.69) is 21.2 Å². The van der Waals surface area contributed by atoms with Crippen molar-refractivity contribution < 1.29 is 13.5 Å². The standard InChI is InChI=1S/C14H15BrFNO2/c1-2-17-8-10-3-4-18-14(10)9-19-13-6-11(15)5-12(16)7-13/h3-7,17H,2,8-9H2,1H3. The van der Waals surface area contributed by atoms with Crippen molar-refractivity contribution in [1.82, 2.24) is 5.32 Å². The molecule has 0 aliphatic carbocycles. The number of ether oxygens (including phenoxy) is 1. The van der Waals surface area contributed by atoms with Gasteiger partial charge in [-0.25, -0.2) is 4.39 Å². The van der Waals surface area contributed by atoms with Crippen LogP contribution < -0.4 is 10.1 Å². The van der Waals surface area contributed by atoms with E-state index >= 15 is 0 Å². The molecule has 5 heteroatoms. The quantitative estimate of drug-likeness (QED) is 0.874. The summed E-state index contributed by atoms with van der Waals surface area (Å²) in [5.74, 6) is 0.885. The molecule has 3 nitrogen and oxygen atoms in total. The number of benzene rings is 1. The maximum Gasteiger partial charge on any atom is 0.146 e. The fourth-order valence-electron chi connectivity index (χ4n) is 1.67. The van der Waals surface area contributed by atoms with Gasteiger partial charge in [0.25, 0.3) is 0 Å². The molecule has 1 N–H and O–H groups in total. The summed E-state index contributed by atoms with van der Waals surface area (Å²) in [6.45, 7) is 3.95. The first kappa shape index (κ1) is 14.1. The summed E-state index contributed by atoms with van der Waals surface area (Å²) in [5, 5.41) is 3.22. The number of nitrogens with one attached hydrogen (secondary N) is 1. The van der Waals surface area contributed by atoms with Crippen LogP contribution in [0.5, 0.6) is 5.75 Å². The zero-order chi connectivity index (χ0) is 13.7. The van der Waals surface area contributed by atoms with Crippen LogP contribution in [-0.2, 0) is 13.2 Å². The summed E-state index contributed by atoms with van der Waals surface area (Å²) >= 11 is 3.23. The molecule has 0 fully saturated rings. The first-order valence-electron chi connectivity index (χ1n) is 6.04. The molecule has 1 aromatic carbocycles. The Bertz CT molecular complexity index is 522. The summed E-state index contributed by atoms with van der Waals surface area (Å²) in [6, 6.07) is 6.35. The molecule has 0 amide bonds. The van der Waals surface area contributed by atoms with Crippen molar-refractivity contribution in [3.05, 3.63) is 52.1 Å². The average Bonchev–Trinajstić information content (AvgIpc) is 2.80. The Morgan fingerprint density at radius 3 is 2.95 bits per heavy atom. The molecule has 1 aromatic heterocycles. The maximum atomic E-state index is 13.2. The van der Waals surface area contributed by atoms with Gasteiger partial charge in [0.15, 0.2) is 0 Å². The smallest absolute Gasteiger partial charge is 0.146 e. The third-order valence-electron chi connectivity index (χ3n) is 2.61. The Balaban J connectivity index is 2.00. The number of hydrogen-bond acceptors (Lipinski definition) is 3. The van der Waals surface area contributed by atoms with Crippen molar-refractivity contribution in [2.75, 3.05) is 6.54 Å². The highest BCUT2D eigenvalue weighted by Crippen LogP contribution is 2.22. The lowest BCUT2D eigenvalue weighted by Gasteiger charge is -2.07. The SMILES string of the molecule is CCNCc1ccoc1COc1cc(F)cc(Br)c1. The third kappa shape index (κ3) is 4.08. The van der Waals surface area contributed by atoms with Gasteiger partial charge in [0.2, 0.25) is 0 Å². The van der Waals surface area contributed by atoms with Gasteiger partial charge in [-0.15, -0.1) is 0 Å². The third-order valence-corrected chi connectivity index (χ3v) is 3.07. The van der Waals surface area contributed by atoms with Gasteiger partial charge in [-0.1, -0.05) is 22.9 Å². The molecule has 2 rings (SSSR count). The summed E-state index contributed by atoms with van der Waals surface area (Å²) < 4.78 is 24.8. The minimum Gasteiger partial charge on any atom is -0.486 e. The van der Waals surface area contributed by atoms with Crippen LogP contribution in [0.15, 0.2) is 39.4 Å². The molecule has 0 saturated carbocycles. The van der Waals surface area contributed by atoms with Crippen LogP contribution in [0.1, 0.15) is 18.2 Å². The van der Waals surface area contributed by atoms with Crippen LogP contribution in [0.3, 0.4) is 0 Å². The van der Waals surface area contributed by atoms with E-state index in [0.717, 1.165) is 24.4 Å². The van der Waals surface area contributed by atoms with Gasteiger partial charge >= 0.3 is 0 Å². The highest BCUT2D eigenvalue weighted by atomic mass is 79.9. The van der Waals surface area contributed by atoms with Crippen LogP contribution in [0.25, 0.3) is 0 Å². The van der Waals surface area contributed by atoms with Crippen molar-refractivity contribution in [2.45, 2.75) is 20.1 Å². The molecule has 0 radical (unpaired) electrons. The fourth-order valence-corrected chi connectivity index (χ4v) is 2.12. The van der Waals surface area contributed by atoms with Gasteiger partial charge in [-0.2, -0.15) is 0 Å². The first-order valence-corrected chi connectivity index (χ1v) is 6.83. The highest BCUT2D eigenvalue weighted by Gasteiger charge is 2.07. The van der Waals surface area contributed by atoms with E-state index in [0.29, 0.717) is 10.2 Å². The van der Waals surface area contributed by atoms with E-state index in [1.807, 2.05) is 13.0 Å². The Labute approximate surface area is 119 Å². The number of halogens is 2. The second-order valence-corrected chi connectivity index (χ2v) is 4.96. The summed E-state index contributed by atoms with van der Waals surface area (Å²) in [4.78, 5) is 0. The topological polar surface area (TPSA) is 34.4 Å². The zero-order valence-corrected chi connectivity index (χ0v) is 12.2. The van der Waals surface area contributed by atoms with Gasteiger partial charge in [-0.05, 0) is 24.7 Å². The molecule has 0 atom stereocenters. The predicted molar refractivity (Wildman–Crippen MR) is 74.5 cm³/mol. The maximum absolute atomic E-state index is 13.2. The molecule has 2 aromatic rings. The first-order chi connectivity index (χ1) is 9.19. The van der Waals surface area contributed by atoms with E-state index in [1.165, 1.54) is 12.1 Å². The monoisotopic (exact) mass is 327 g/mol. The van der Waals surface area contributed by atoms with Crippen molar-refractivity contribution >= 4 is 15.9 Å². The van der Waals surface area contributed by atoms with Crippen molar-refractivity contribution in [1.29, 1.82) is 0 Å². The molecule has 0 aliphatic heterocycles. The zero-order valence-electron chi connectivity index (χ0n) is 10.6. The van der Waals surface area contributed by atoms with Crippen LogP contribution in [0, 0.1) is 5.82 Å². The Hall–Kier alpha value is -1.33. The molecular formula is C14H15BrFNO2. The molecule has 1 heterocycles. The lowest BCUT2D eigenvalue weighted by molar-refractivity contribution is 0.267. The molecule has 102 valence electrons. The summed E-state index contributed by atoms with van der Waals surface area (Å²) in [5.41, 5.74) is 1.05. The minimum absolute atomic E-state index is 0.281. The van der Waals surface area contributed by atoms with Gasteiger partial charge in [0.05, 0.1) is 6.26 Å². The van der Waals surface area contributed by atoms with Gasteiger partial charge < -0.3 is 14.5 Å². The highest BCUT2D eigenvalue weighted by molar-refractivity contribution is 9.10. The predicted octanol–water partition coefficient (Wildman–Crippen LogP) is 3.87. The number of rotatable bonds is 6. The van der Waals surface area contributed by atoms with Crippen LogP contribution in [-0.4, -0.2) is 6.54 Å². The molecule has 0 unspecified atom stereocenters. The van der Waals surface area contributed by atoms with E-state index in [1.54, 1.807) is 12.3 Å². The van der Waals surface area contributed by atoms with Crippen molar-refractivity contribution in [2.24, 2.45) is 0 Å². The van der Waals surface area contributed by atoms with Gasteiger partial charge in [0, 0.05) is 22.6 Å². The lowest BCUT2D eigenvalue weighted by Crippen LogP contribution is -2.12. The summed E-state index contributed by atoms with van der Waals surface area (Å²) in [6.07, 6.45) is 1.63. The molecule has 0 aliphatic rings. The van der Waals surface area contributed by atoms with E-state index in [-0.39, 0.29) is 12.4 Å². The second-order valence-electron chi connectivity index (χ2n) is 4.04. The largest absolute Gasteiger partial charge is 0.486 e. The van der Waals surface area contributed by atoms with E-state index in [4.69, 9.17) is 9.15 Å². The average molecular weight is 328 g/mol. The Morgan fingerprint density at radius 2 is 2.21 bits per heavy atom. The molecule has 0 bridgehead atoms. The van der Waals surface area contributed by atoms with E-state index in [9.17, 15) is 4.39 Å². The molecule has 19 heavy (non-hydrogen) atoms. The van der Waals surface area contributed by atoms with Crippen molar-refractivity contribution in [3.8, 4) is 5.75 Å².